The molecule has 0 radical (unpaired) electrons. The van der Waals surface area contributed by atoms with Gasteiger partial charge in [-0.15, -0.1) is 21.5 Å². The fourth-order valence-electron chi connectivity index (χ4n) is 3.27. The number of nitrogens with zero attached hydrogens (tertiary/aromatic N) is 3. The Bertz CT molecular complexity index is 661. The third-order valence-electron chi connectivity index (χ3n) is 4.57. The van der Waals surface area contributed by atoms with E-state index in [1.165, 1.54) is 42.3 Å². The standard InChI is InChI=1S/C18H26N4OS2/c1-2-22-16(12-15-10-7-11-24-15)20-21-18(22)25-13-17(23)19-14-8-5-3-4-6-9-14/h7,10-11,14H,2-6,8-9,12-13H2,1H3,(H,19,23). The van der Waals surface area contributed by atoms with Crippen molar-refractivity contribution >= 4 is 29.0 Å². The molecule has 1 fully saturated rings. The smallest absolute Gasteiger partial charge is 0.230 e. The highest BCUT2D eigenvalue weighted by Gasteiger charge is 2.17. The molecule has 2 heterocycles. The van der Waals surface area contributed by atoms with Crippen LogP contribution in [-0.4, -0.2) is 32.5 Å². The number of carbonyl (C=O) groups is 1. The molecule has 25 heavy (non-hydrogen) atoms. The summed E-state index contributed by atoms with van der Waals surface area (Å²) < 4.78 is 2.11. The summed E-state index contributed by atoms with van der Waals surface area (Å²) in [6.07, 6.45) is 8.09. The van der Waals surface area contributed by atoms with Crippen molar-refractivity contribution in [3.05, 3.63) is 28.2 Å². The molecular weight excluding hydrogens is 352 g/mol. The highest BCUT2D eigenvalue weighted by atomic mass is 32.2. The Morgan fingerprint density at radius 2 is 2.12 bits per heavy atom. The molecule has 1 aliphatic carbocycles. The van der Waals surface area contributed by atoms with E-state index in [-0.39, 0.29) is 5.91 Å². The second-order valence-corrected chi connectivity index (χ2v) is 8.42. The van der Waals surface area contributed by atoms with Crippen LogP contribution in [0.2, 0.25) is 0 Å². The Morgan fingerprint density at radius 3 is 2.80 bits per heavy atom. The monoisotopic (exact) mass is 378 g/mol. The molecule has 7 heteroatoms. The number of carbonyl (C=O) groups excluding carboxylic acids is 1. The molecular formula is C18H26N4OS2. The second-order valence-electron chi connectivity index (χ2n) is 6.44. The van der Waals surface area contributed by atoms with Crippen LogP contribution < -0.4 is 5.32 Å². The van der Waals surface area contributed by atoms with E-state index in [1.807, 2.05) is 0 Å². The Morgan fingerprint density at radius 1 is 1.32 bits per heavy atom. The number of thioether (sulfide) groups is 1. The average molecular weight is 379 g/mol. The van der Waals surface area contributed by atoms with E-state index in [0.717, 1.165) is 36.8 Å². The van der Waals surface area contributed by atoms with E-state index in [9.17, 15) is 4.79 Å². The first kappa shape index (κ1) is 18.5. The predicted octanol–water partition coefficient (Wildman–Crippen LogP) is 3.88. The number of thiophene rings is 1. The molecule has 136 valence electrons. The fraction of sp³-hybridized carbons (Fsp3) is 0.611. The normalized spacial score (nSPS) is 15.9. The average Bonchev–Trinajstić information content (AvgIpc) is 3.18. The van der Waals surface area contributed by atoms with Crippen molar-refractivity contribution in [2.45, 2.75) is 69.6 Å². The molecule has 1 aliphatic rings. The fourth-order valence-corrected chi connectivity index (χ4v) is 4.80. The van der Waals surface area contributed by atoms with E-state index in [2.05, 4.69) is 44.5 Å². The van der Waals surface area contributed by atoms with Gasteiger partial charge < -0.3 is 9.88 Å². The third-order valence-corrected chi connectivity index (χ3v) is 6.42. The largest absolute Gasteiger partial charge is 0.353 e. The first-order chi connectivity index (χ1) is 12.3. The van der Waals surface area contributed by atoms with Gasteiger partial charge in [0.25, 0.3) is 0 Å². The van der Waals surface area contributed by atoms with Crippen molar-refractivity contribution < 1.29 is 4.79 Å². The summed E-state index contributed by atoms with van der Waals surface area (Å²) in [7, 11) is 0. The predicted molar refractivity (Wildman–Crippen MR) is 103 cm³/mol. The van der Waals surface area contributed by atoms with Crippen molar-refractivity contribution in [2.75, 3.05) is 5.75 Å². The van der Waals surface area contributed by atoms with Gasteiger partial charge in [-0.05, 0) is 31.2 Å². The van der Waals surface area contributed by atoms with Crippen molar-refractivity contribution in [3.63, 3.8) is 0 Å². The molecule has 3 rings (SSSR count). The summed E-state index contributed by atoms with van der Waals surface area (Å²) in [5.74, 6) is 1.49. The summed E-state index contributed by atoms with van der Waals surface area (Å²) in [5, 5.41) is 14.7. The van der Waals surface area contributed by atoms with Gasteiger partial charge in [0, 0.05) is 23.9 Å². The van der Waals surface area contributed by atoms with Gasteiger partial charge >= 0.3 is 0 Å². The summed E-state index contributed by atoms with van der Waals surface area (Å²) in [6, 6.07) is 4.53. The number of hydrogen-bond donors (Lipinski definition) is 1. The lowest BCUT2D eigenvalue weighted by atomic mass is 10.1. The molecule has 0 unspecified atom stereocenters. The minimum atomic E-state index is 0.113. The van der Waals surface area contributed by atoms with Crippen molar-refractivity contribution in [3.8, 4) is 0 Å². The lowest BCUT2D eigenvalue weighted by molar-refractivity contribution is -0.119. The van der Waals surface area contributed by atoms with Crippen LogP contribution in [-0.2, 0) is 17.8 Å². The molecule has 1 saturated carbocycles. The van der Waals surface area contributed by atoms with Crippen LogP contribution in [0.15, 0.2) is 22.7 Å². The Hall–Kier alpha value is -1.34. The zero-order valence-corrected chi connectivity index (χ0v) is 16.4. The SMILES string of the molecule is CCn1c(Cc2cccs2)nnc1SCC(=O)NC1CCCCCC1. The highest BCUT2D eigenvalue weighted by Crippen LogP contribution is 2.21. The quantitative estimate of drug-likeness (QED) is 0.587. The third kappa shape index (κ3) is 5.31. The topological polar surface area (TPSA) is 59.8 Å². The maximum absolute atomic E-state index is 12.3. The minimum absolute atomic E-state index is 0.113. The van der Waals surface area contributed by atoms with E-state index < -0.39 is 0 Å². The highest BCUT2D eigenvalue weighted by molar-refractivity contribution is 7.99. The van der Waals surface area contributed by atoms with Crippen LogP contribution in [0.25, 0.3) is 0 Å². The van der Waals surface area contributed by atoms with Gasteiger partial charge in [-0.2, -0.15) is 0 Å². The Labute approximate surface area is 157 Å². The zero-order chi connectivity index (χ0) is 17.5. The van der Waals surface area contributed by atoms with Crippen molar-refractivity contribution in [1.29, 1.82) is 0 Å². The van der Waals surface area contributed by atoms with Crippen LogP contribution in [0.5, 0.6) is 0 Å². The maximum Gasteiger partial charge on any atom is 0.230 e. The molecule has 1 N–H and O–H groups in total. The first-order valence-corrected chi connectivity index (χ1v) is 11.0. The van der Waals surface area contributed by atoms with E-state index in [0.29, 0.717) is 11.8 Å². The summed E-state index contributed by atoms with van der Waals surface area (Å²) in [5.41, 5.74) is 0. The first-order valence-electron chi connectivity index (χ1n) is 9.13. The number of hydrogen-bond acceptors (Lipinski definition) is 5. The Balaban J connectivity index is 1.53. The van der Waals surface area contributed by atoms with Crippen molar-refractivity contribution in [2.24, 2.45) is 0 Å². The van der Waals surface area contributed by atoms with E-state index >= 15 is 0 Å². The number of amides is 1. The van der Waals surface area contributed by atoms with Crippen LogP contribution in [0.4, 0.5) is 0 Å². The second kappa shape index (κ2) is 9.38. The summed E-state index contributed by atoms with van der Waals surface area (Å²) in [4.78, 5) is 13.6. The van der Waals surface area contributed by atoms with Gasteiger partial charge in [0.15, 0.2) is 5.16 Å². The lowest BCUT2D eigenvalue weighted by Crippen LogP contribution is -2.35. The van der Waals surface area contributed by atoms with Gasteiger partial charge in [-0.25, -0.2) is 0 Å². The Kier molecular flexibility index (Phi) is 6.93. The van der Waals surface area contributed by atoms with Crippen LogP contribution >= 0.6 is 23.1 Å². The molecule has 0 spiro atoms. The molecule has 5 nitrogen and oxygen atoms in total. The number of rotatable bonds is 7. The molecule has 0 aromatic carbocycles. The van der Waals surface area contributed by atoms with Crippen LogP contribution in [0, 0.1) is 0 Å². The molecule has 1 amide bonds. The summed E-state index contributed by atoms with van der Waals surface area (Å²) >= 11 is 3.22. The minimum Gasteiger partial charge on any atom is -0.353 e. The van der Waals surface area contributed by atoms with Crippen molar-refractivity contribution in [1.82, 2.24) is 20.1 Å². The van der Waals surface area contributed by atoms with Gasteiger partial charge in [-0.3, -0.25) is 4.79 Å². The number of aromatic nitrogens is 3. The molecule has 0 saturated heterocycles. The van der Waals surface area contributed by atoms with Gasteiger partial charge in [0.05, 0.1) is 5.75 Å². The van der Waals surface area contributed by atoms with E-state index in [1.54, 1.807) is 11.3 Å². The van der Waals surface area contributed by atoms with Gasteiger partial charge in [-0.1, -0.05) is 43.5 Å². The van der Waals surface area contributed by atoms with Crippen LogP contribution in [0.1, 0.15) is 56.2 Å². The van der Waals surface area contributed by atoms with Crippen LogP contribution in [0.3, 0.4) is 0 Å². The van der Waals surface area contributed by atoms with Gasteiger partial charge in [0.2, 0.25) is 5.91 Å². The molecule has 0 bridgehead atoms. The zero-order valence-electron chi connectivity index (χ0n) is 14.7. The molecule has 2 aromatic rings. The van der Waals surface area contributed by atoms with E-state index in [4.69, 9.17) is 0 Å². The summed E-state index contributed by atoms with van der Waals surface area (Å²) in [6.45, 7) is 2.91. The number of nitrogens with one attached hydrogen (secondary N) is 1. The maximum atomic E-state index is 12.3. The van der Waals surface area contributed by atoms with Gasteiger partial charge in [0.1, 0.15) is 5.82 Å². The molecule has 0 aliphatic heterocycles. The molecule has 2 aromatic heterocycles. The lowest BCUT2D eigenvalue weighted by Gasteiger charge is -2.16. The molecule has 0 atom stereocenters.